The molecule has 1 fully saturated rings. The van der Waals surface area contributed by atoms with Crippen LogP contribution in [0.25, 0.3) is 17.0 Å². The molecule has 3 aromatic rings. The van der Waals surface area contributed by atoms with Crippen molar-refractivity contribution in [2.75, 3.05) is 0 Å². The van der Waals surface area contributed by atoms with Crippen molar-refractivity contribution in [1.29, 1.82) is 0 Å². The Hall–Kier alpha value is -3.01. The molecule has 120 valence electrons. The van der Waals surface area contributed by atoms with Crippen LogP contribution in [0.15, 0.2) is 66.6 Å². The standard InChI is InChI=1S/C20H18N2O2/c23-20(16-9-10-16)15-7-5-14(6-8-15)12-24-19-4-2-1-3-17(19)18-11-21-13-22-18/h1-8,11,13,23H,9-10,12H2,(H,21,22). The number of hydrogen-bond acceptors (Lipinski definition) is 3. The lowest BCUT2D eigenvalue weighted by molar-refractivity contribution is 0.307. The van der Waals surface area contributed by atoms with Gasteiger partial charge in [-0.25, -0.2) is 4.98 Å². The Balaban J connectivity index is 1.49. The van der Waals surface area contributed by atoms with Gasteiger partial charge < -0.3 is 14.8 Å². The van der Waals surface area contributed by atoms with Crippen molar-refractivity contribution in [3.05, 3.63) is 77.8 Å². The molecule has 2 N–H and O–H groups in total. The number of H-pyrrole nitrogens is 1. The Morgan fingerprint density at radius 1 is 1.08 bits per heavy atom. The van der Waals surface area contributed by atoms with Crippen LogP contribution < -0.4 is 4.74 Å². The van der Waals surface area contributed by atoms with Gasteiger partial charge in [-0.05, 0) is 36.1 Å². The van der Waals surface area contributed by atoms with E-state index in [1.54, 1.807) is 12.5 Å². The molecule has 1 heterocycles. The minimum absolute atomic E-state index is 0.437. The molecule has 0 radical (unpaired) electrons. The number of para-hydroxylation sites is 1. The fourth-order valence-corrected chi connectivity index (χ4v) is 2.64. The van der Waals surface area contributed by atoms with Gasteiger partial charge in [0.05, 0.1) is 18.2 Å². The summed E-state index contributed by atoms with van der Waals surface area (Å²) < 4.78 is 5.98. The van der Waals surface area contributed by atoms with Gasteiger partial charge in [-0.2, -0.15) is 0 Å². The number of nitrogens with zero attached hydrogens (tertiary/aromatic N) is 1. The van der Waals surface area contributed by atoms with Gasteiger partial charge in [0.2, 0.25) is 0 Å². The topological polar surface area (TPSA) is 58.1 Å². The number of nitrogens with one attached hydrogen (secondary N) is 1. The van der Waals surface area contributed by atoms with Crippen LogP contribution >= 0.6 is 0 Å². The third kappa shape index (κ3) is 3.04. The van der Waals surface area contributed by atoms with Crippen molar-refractivity contribution >= 4 is 5.76 Å². The fraction of sp³-hybridized carbons (Fsp3) is 0.150. The Morgan fingerprint density at radius 3 is 2.58 bits per heavy atom. The highest BCUT2D eigenvalue weighted by Gasteiger charge is 2.18. The van der Waals surface area contributed by atoms with Gasteiger partial charge in [-0.3, -0.25) is 0 Å². The zero-order chi connectivity index (χ0) is 16.4. The van der Waals surface area contributed by atoms with Gasteiger partial charge in [0.25, 0.3) is 0 Å². The van der Waals surface area contributed by atoms with Crippen molar-refractivity contribution in [2.24, 2.45) is 0 Å². The molecule has 0 saturated heterocycles. The second-order valence-corrected chi connectivity index (χ2v) is 5.90. The number of aromatic nitrogens is 2. The quantitative estimate of drug-likeness (QED) is 0.669. The molecule has 2 aromatic carbocycles. The molecule has 0 amide bonds. The highest BCUT2D eigenvalue weighted by atomic mass is 16.5. The Morgan fingerprint density at radius 2 is 1.88 bits per heavy atom. The van der Waals surface area contributed by atoms with E-state index in [1.807, 2.05) is 48.5 Å². The van der Waals surface area contributed by atoms with Crippen LogP contribution in [0.3, 0.4) is 0 Å². The van der Waals surface area contributed by atoms with Gasteiger partial charge >= 0.3 is 0 Å². The van der Waals surface area contributed by atoms with E-state index in [0.29, 0.717) is 12.4 Å². The smallest absolute Gasteiger partial charge is 0.129 e. The second-order valence-electron chi connectivity index (χ2n) is 5.90. The van der Waals surface area contributed by atoms with Crippen molar-refractivity contribution in [3.63, 3.8) is 0 Å². The molecule has 0 atom stereocenters. The van der Waals surface area contributed by atoms with Crippen LogP contribution in [-0.2, 0) is 6.61 Å². The third-order valence-corrected chi connectivity index (χ3v) is 4.13. The summed E-state index contributed by atoms with van der Waals surface area (Å²) in [6.45, 7) is 0.475. The van der Waals surface area contributed by atoms with Gasteiger partial charge in [0, 0.05) is 11.1 Å². The summed E-state index contributed by atoms with van der Waals surface area (Å²) in [6.07, 6.45) is 5.47. The minimum atomic E-state index is 0.437. The summed E-state index contributed by atoms with van der Waals surface area (Å²) in [7, 11) is 0. The summed E-state index contributed by atoms with van der Waals surface area (Å²) in [5.41, 5.74) is 5.01. The van der Waals surface area contributed by atoms with E-state index in [-0.39, 0.29) is 0 Å². The maximum atomic E-state index is 10.0. The predicted molar refractivity (Wildman–Crippen MR) is 93.6 cm³/mol. The largest absolute Gasteiger partial charge is 0.507 e. The first-order valence-corrected chi connectivity index (χ1v) is 8.02. The maximum Gasteiger partial charge on any atom is 0.129 e. The first kappa shape index (κ1) is 14.6. The van der Waals surface area contributed by atoms with E-state index in [0.717, 1.165) is 46.5 Å². The van der Waals surface area contributed by atoms with E-state index in [1.165, 1.54) is 0 Å². The lowest BCUT2D eigenvalue weighted by Crippen LogP contribution is -1.97. The molecule has 0 bridgehead atoms. The van der Waals surface area contributed by atoms with Crippen molar-refractivity contribution in [3.8, 4) is 17.0 Å². The summed E-state index contributed by atoms with van der Waals surface area (Å²) >= 11 is 0. The van der Waals surface area contributed by atoms with Crippen LogP contribution in [0.1, 0.15) is 24.0 Å². The molecule has 1 aliphatic rings. The van der Waals surface area contributed by atoms with Crippen LogP contribution in [0.5, 0.6) is 5.75 Å². The van der Waals surface area contributed by atoms with E-state index in [4.69, 9.17) is 4.74 Å². The molecule has 1 saturated carbocycles. The van der Waals surface area contributed by atoms with E-state index >= 15 is 0 Å². The van der Waals surface area contributed by atoms with Crippen molar-refractivity contribution in [2.45, 2.75) is 19.4 Å². The molecular formula is C20H18N2O2. The summed E-state index contributed by atoms with van der Waals surface area (Å²) in [6, 6.07) is 15.8. The molecular weight excluding hydrogens is 300 g/mol. The average Bonchev–Trinajstić information content (AvgIpc) is 3.34. The van der Waals surface area contributed by atoms with Crippen LogP contribution in [-0.4, -0.2) is 15.1 Å². The Bertz CT molecular complexity index is 859. The molecule has 4 rings (SSSR count). The second kappa shape index (κ2) is 6.24. The SMILES string of the molecule is OC(=C1CC1)c1ccc(COc2ccccc2-c2cnc[nH]2)cc1. The molecule has 1 aliphatic carbocycles. The number of rotatable bonds is 5. The maximum absolute atomic E-state index is 10.0. The highest BCUT2D eigenvalue weighted by Crippen LogP contribution is 2.35. The molecule has 4 heteroatoms. The fourth-order valence-electron chi connectivity index (χ4n) is 2.64. The zero-order valence-corrected chi connectivity index (χ0v) is 13.2. The lowest BCUT2D eigenvalue weighted by atomic mass is 10.1. The van der Waals surface area contributed by atoms with Gasteiger partial charge in [0.1, 0.15) is 18.1 Å². The number of aromatic amines is 1. The molecule has 0 unspecified atom stereocenters. The minimum Gasteiger partial charge on any atom is -0.507 e. The Labute approximate surface area is 140 Å². The number of aliphatic hydroxyl groups is 1. The summed E-state index contributed by atoms with van der Waals surface area (Å²) in [5, 5.41) is 10.0. The van der Waals surface area contributed by atoms with E-state index in [9.17, 15) is 5.11 Å². The summed E-state index contributed by atoms with van der Waals surface area (Å²) in [5.74, 6) is 1.25. The number of aliphatic hydroxyl groups excluding tert-OH is 1. The molecule has 4 nitrogen and oxygen atoms in total. The normalized spacial score (nSPS) is 12.9. The third-order valence-electron chi connectivity index (χ3n) is 4.13. The van der Waals surface area contributed by atoms with Gasteiger partial charge in [0.15, 0.2) is 0 Å². The number of ether oxygens (including phenoxy) is 1. The number of benzene rings is 2. The molecule has 0 spiro atoms. The number of allylic oxidation sites excluding steroid dienone is 1. The average molecular weight is 318 g/mol. The van der Waals surface area contributed by atoms with Crippen LogP contribution in [0.2, 0.25) is 0 Å². The molecule has 0 aliphatic heterocycles. The molecule has 24 heavy (non-hydrogen) atoms. The Kier molecular flexibility index (Phi) is 3.79. The lowest BCUT2D eigenvalue weighted by Gasteiger charge is -2.11. The molecule has 1 aromatic heterocycles. The summed E-state index contributed by atoms with van der Waals surface area (Å²) in [4.78, 5) is 7.17. The van der Waals surface area contributed by atoms with Crippen LogP contribution in [0, 0.1) is 0 Å². The van der Waals surface area contributed by atoms with E-state index in [2.05, 4.69) is 9.97 Å². The van der Waals surface area contributed by atoms with E-state index < -0.39 is 0 Å². The van der Waals surface area contributed by atoms with Gasteiger partial charge in [-0.1, -0.05) is 36.4 Å². The first-order chi connectivity index (χ1) is 11.8. The first-order valence-electron chi connectivity index (χ1n) is 8.02. The van der Waals surface area contributed by atoms with Crippen LogP contribution in [0.4, 0.5) is 0 Å². The predicted octanol–water partition coefficient (Wildman–Crippen LogP) is 4.72. The van der Waals surface area contributed by atoms with Crippen molar-refractivity contribution < 1.29 is 9.84 Å². The monoisotopic (exact) mass is 318 g/mol. The highest BCUT2D eigenvalue weighted by molar-refractivity contribution is 5.66. The van der Waals surface area contributed by atoms with Gasteiger partial charge in [-0.15, -0.1) is 0 Å². The number of imidazole rings is 1. The zero-order valence-electron chi connectivity index (χ0n) is 13.2. The van der Waals surface area contributed by atoms with Crippen molar-refractivity contribution in [1.82, 2.24) is 9.97 Å². The number of hydrogen-bond donors (Lipinski definition) is 2.